The van der Waals surface area contributed by atoms with E-state index in [-0.39, 0.29) is 13.0 Å². The summed E-state index contributed by atoms with van der Waals surface area (Å²) in [6, 6.07) is 18.2. The second-order valence-electron chi connectivity index (χ2n) is 5.41. The molecule has 1 saturated carbocycles. The number of hydrogen-bond acceptors (Lipinski definition) is 4. The number of carbonyl (C=O) groups excluding carboxylic acids is 1. The van der Waals surface area contributed by atoms with Crippen LogP contribution in [0.5, 0.6) is 0 Å². The topological polar surface area (TPSA) is 69.4 Å². The second-order valence-corrected chi connectivity index (χ2v) is 5.41. The molecule has 5 heteroatoms. The number of rotatable bonds is 5. The zero-order chi connectivity index (χ0) is 15.6. The van der Waals surface area contributed by atoms with Crippen molar-refractivity contribution in [2.75, 3.05) is 0 Å². The van der Waals surface area contributed by atoms with Crippen LogP contribution in [0, 0.1) is 10.1 Å². The number of ether oxygens (including phenoxy) is 1. The molecule has 2 unspecified atom stereocenters. The van der Waals surface area contributed by atoms with Crippen molar-refractivity contribution in [2.45, 2.75) is 24.5 Å². The summed E-state index contributed by atoms with van der Waals surface area (Å²) in [4.78, 5) is 23.2. The number of benzene rings is 2. The average molecular weight is 297 g/mol. The smallest absolute Gasteiger partial charge is 0.385 e. The Morgan fingerprint density at radius 3 is 2.32 bits per heavy atom. The number of carbonyl (C=O) groups is 1. The van der Waals surface area contributed by atoms with Crippen LogP contribution in [0.25, 0.3) is 0 Å². The van der Waals surface area contributed by atoms with Crippen LogP contribution in [-0.4, -0.2) is 16.4 Å². The molecular formula is C17H15NO4. The minimum absolute atomic E-state index is 0.0524. The SMILES string of the molecule is O=C(OCc1ccccc1)C1([N+](=O)[O-])CC1c1ccccc1. The van der Waals surface area contributed by atoms with Gasteiger partial charge < -0.3 is 4.74 Å². The van der Waals surface area contributed by atoms with Crippen molar-refractivity contribution in [2.24, 2.45) is 0 Å². The first-order valence-electron chi connectivity index (χ1n) is 7.05. The zero-order valence-electron chi connectivity index (χ0n) is 11.8. The molecule has 0 aromatic heterocycles. The third-order valence-electron chi connectivity index (χ3n) is 4.03. The van der Waals surface area contributed by atoms with Crippen molar-refractivity contribution >= 4 is 5.97 Å². The molecule has 2 atom stereocenters. The Morgan fingerprint density at radius 2 is 1.73 bits per heavy atom. The molecule has 0 N–H and O–H groups in total. The summed E-state index contributed by atoms with van der Waals surface area (Å²) >= 11 is 0. The average Bonchev–Trinajstić information content (AvgIpc) is 3.31. The molecule has 2 aromatic carbocycles. The van der Waals surface area contributed by atoms with E-state index < -0.39 is 22.3 Å². The maximum Gasteiger partial charge on any atom is 0.385 e. The summed E-state index contributed by atoms with van der Waals surface area (Å²) in [5, 5.41) is 11.4. The molecular weight excluding hydrogens is 282 g/mol. The Labute approximate surface area is 127 Å². The van der Waals surface area contributed by atoms with Gasteiger partial charge in [0.05, 0.1) is 5.92 Å². The monoisotopic (exact) mass is 297 g/mol. The van der Waals surface area contributed by atoms with Crippen molar-refractivity contribution in [1.82, 2.24) is 0 Å². The van der Waals surface area contributed by atoms with E-state index >= 15 is 0 Å². The minimum Gasteiger partial charge on any atom is -0.456 e. The van der Waals surface area contributed by atoms with Gasteiger partial charge in [0.15, 0.2) is 0 Å². The molecule has 0 saturated heterocycles. The van der Waals surface area contributed by atoms with Crippen LogP contribution in [0.2, 0.25) is 0 Å². The molecule has 22 heavy (non-hydrogen) atoms. The van der Waals surface area contributed by atoms with E-state index in [1.54, 1.807) is 12.1 Å². The Hall–Kier alpha value is -2.69. The molecule has 0 bridgehead atoms. The molecule has 0 amide bonds. The molecule has 0 radical (unpaired) electrons. The van der Waals surface area contributed by atoms with E-state index in [0.29, 0.717) is 0 Å². The quantitative estimate of drug-likeness (QED) is 0.483. The Balaban J connectivity index is 1.73. The van der Waals surface area contributed by atoms with Crippen LogP contribution in [0.1, 0.15) is 23.5 Å². The van der Waals surface area contributed by atoms with Gasteiger partial charge in [-0.3, -0.25) is 10.1 Å². The van der Waals surface area contributed by atoms with Gasteiger partial charge in [-0.15, -0.1) is 0 Å². The summed E-state index contributed by atoms with van der Waals surface area (Å²) in [5.41, 5.74) is -0.0158. The highest BCUT2D eigenvalue weighted by molar-refractivity contribution is 5.85. The number of nitrogens with zero attached hydrogens (tertiary/aromatic N) is 1. The summed E-state index contributed by atoms with van der Waals surface area (Å²) in [6.07, 6.45) is 0.192. The van der Waals surface area contributed by atoms with Gasteiger partial charge in [0.25, 0.3) is 0 Å². The Kier molecular flexibility index (Phi) is 3.63. The van der Waals surface area contributed by atoms with Gasteiger partial charge in [0.1, 0.15) is 6.61 Å². The highest BCUT2D eigenvalue weighted by Crippen LogP contribution is 2.54. The van der Waals surface area contributed by atoms with E-state index in [1.165, 1.54) is 0 Å². The molecule has 0 heterocycles. The molecule has 0 spiro atoms. The van der Waals surface area contributed by atoms with Crippen LogP contribution in [0.3, 0.4) is 0 Å². The lowest BCUT2D eigenvalue weighted by Gasteiger charge is -2.10. The highest BCUT2D eigenvalue weighted by Gasteiger charge is 2.74. The van der Waals surface area contributed by atoms with Crippen molar-refractivity contribution in [1.29, 1.82) is 0 Å². The molecule has 5 nitrogen and oxygen atoms in total. The molecule has 0 aliphatic heterocycles. The maximum atomic E-state index is 12.3. The Bertz CT molecular complexity index is 686. The van der Waals surface area contributed by atoms with Crippen molar-refractivity contribution in [3.63, 3.8) is 0 Å². The minimum atomic E-state index is -1.63. The van der Waals surface area contributed by atoms with Gasteiger partial charge in [-0.2, -0.15) is 0 Å². The second kappa shape index (κ2) is 5.60. The first-order valence-corrected chi connectivity index (χ1v) is 7.05. The van der Waals surface area contributed by atoms with E-state index in [9.17, 15) is 14.9 Å². The lowest BCUT2D eigenvalue weighted by atomic mass is 10.1. The number of hydrogen-bond donors (Lipinski definition) is 0. The van der Waals surface area contributed by atoms with Gasteiger partial charge in [-0.05, 0) is 11.1 Å². The summed E-state index contributed by atoms with van der Waals surface area (Å²) in [6.45, 7) is 0.0524. The molecule has 1 aliphatic carbocycles. The van der Waals surface area contributed by atoms with Crippen LogP contribution < -0.4 is 0 Å². The van der Waals surface area contributed by atoms with Crippen LogP contribution in [0.15, 0.2) is 60.7 Å². The summed E-state index contributed by atoms with van der Waals surface area (Å²) in [7, 11) is 0. The molecule has 1 aliphatic rings. The van der Waals surface area contributed by atoms with Gasteiger partial charge in [-0.25, -0.2) is 4.79 Å². The first kappa shape index (κ1) is 14.3. The number of esters is 1. The molecule has 2 aromatic rings. The first-order chi connectivity index (χ1) is 10.6. The van der Waals surface area contributed by atoms with E-state index in [1.807, 2.05) is 48.5 Å². The van der Waals surface area contributed by atoms with E-state index in [2.05, 4.69) is 0 Å². The molecule has 1 fully saturated rings. The number of nitro groups is 1. The lowest BCUT2D eigenvalue weighted by Crippen LogP contribution is -2.35. The third-order valence-corrected chi connectivity index (χ3v) is 4.03. The zero-order valence-corrected chi connectivity index (χ0v) is 11.8. The van der Waals surface area contributed by atoms with Crippen molar-refractivity contribution in [3.05, 3.63) is 81.9 Å². The van der Waals surface area contributed by atoms with Crippen molar-refractivity contribution < 1.29 is 14.5 Å². The molecule has 3 rings (SSSR count). The standard InChI is InChI=1S/C17H15NO4/c19-16(22-12-13-7-3-1-4-8-13)17(18(20)21)11-15(17)14-9-5-2-6-10-14/h1-10,15H,11-12H2. The third kappa shape index (κ3) is 2.45. The predicted molar refractivity (Wildman–Crippen MR) is 79.8 cm³/mol. The Morgan fingerprint density at radius 1 is 1.14 bits per heavy atom. The fraction of sp³-hybridized carbons (Fsp3) is 0.235. The normalized spacial score (nSPS) is 22.8. The molecule has 112 valence electrons. The van der Waals surface area contributed by atoms with Crippen LogP contribution >= 0.6 is 0 Å². The highest BCUT2D eigenvalue weighted by atomic mass is 16.6. The van der Waals surface area contributed by atoms with Crippen LogP contribution in [0.4, 0.5) is 0 Å². The maximum absolute atomic E-state index is 12.3. The van der Waals surface area contributed by atoms with Gasteiger partial charge >= 0.3 is 11.5 Å². The van der Waals surface area contributed by atoms with Crippen molar-refractivity contribution in [3.8, 4) is 0 Å². The van der Waals surface area contributed by atoms with Gasteiger partial charge in [0, 0.05) is 11.3 Å². The van der Waals surface area contributed by atoms with E-state index in [4.69, 9.17) is 4.74 Å². The van der Waals surface area contributed by atoms with Crippen LogP contribution in [-0.2, 0) is 16.1 Å². The lowest BCUT2D eigenvalue weighted by molar-refractivity contribution is -0.527. The van der Waals surface area contributed by atoms with E-state index in [0.717, 1.165) is 11.1 Å². The fourth-order valence-electron chi connectivity index (χ4n) is 2.68. The van der Waals surface area contributed by atoms with Gasteiger partial charge in [0.2, 0.25) is 0 Å². The fourth-order valence-corrected chi connectivity index (χ4v) is 2.68. The summed E-state index contributed by atoms with van der Waals surface area (Å²) < 4.78 is 5.19. The van der Waals surface area contributed by atoms with Gasteiger partial charge in [-0.1, -0.05) is 60.7 Å². The predicted octanol–water partition coefficient (Wildman–Crippen LogP) is 2.93. The summed E-state index contributed by atoms with van der Waals surface area (Å²) in [5.74, 6) is -1.16. The largest absolute Gasteiger partial charge is 0.456 e.